The van der Waals surface area contributed by atoms with E-state index < -0.39 is 0 Å². The highest BCUT2D eigenvalue weighted by Gasteiger charge is 2.24. The summed E-state index contributed by atoms with van der Waals surface area (Å²) < 4.78 is 10.3. The van der Waals surface area contributed by atoms with Crippen LogP contribution in [0.25, 0.3) is 0 Å². The van der Waals surface area contributed by atoms with Crippen LogP contribution < -0.4 is 10.1 Å². The Morgan fingerprint density at radius 2 is 1.92 bits per heavy atom. The first-order valence-corrected chi connectivity index (χ1v) is 8.83. The molecule has 26 heavy (non-hydrogen) atoms. The third-order valence-corrected chi connectivity index (χ3v) is 4.42. The summed E-state index contributed by atoms with van der Waals surface area (Å²) in [7, 11) is 1.54. The standard InChI is InChI=1S/C19H26N2O5/c1-4-26-19(24)21-9-7-16(8-10-21)20-18(23)12-15-11-14(13(2)22)5-6-17(15)25-3/h5-6,11,16H,4,7-10,12H2,1-3H3,(H,20,23). The topological polar surface area (TPSA) is 84.9 Å². The van der Waals surface area contributed by atoms with Crippen molar-refractivity contribution in [1.29, 1.82) is 0 Å². The molecule has 0 saturated carbocycles. The average molecular weight is 362 g/mol. The Morgan fingerprint density at radius 3 is 2.50 bits per heavy atom. The van der Waals surface area contributed by atoms with Crippen molar-refractivity contribution >= 4 is 17.8 Å². The van der Waals surface area contributed by atoms with Crippen LogP contribution >= 0.6 is 0 Å². The molecule has 0 unspecified atom stereocenters. The second kappa shape index (κ2) is 9.22. The SMILES string of the molecule is CCOC(=O)N1CCC(NC(=O)Cc2cc(C(C)=O)ccc2OC)CC1. The maximum atomic E-state index is 12.4. The van der Waals surface area contributed by atoms with Gasteiger partial charge in [0, 0.05) is 30.3 Å². The number of carbonyl (C=O) groups is 3. The Bertz CT molecular complexity index is 666. The Kier molecular flexibility index (Phi) is 7.00. The molecule has 0 atom stereocenters. The van der Waals surface area contributed by atoms with E-state index in [-0.39, 0.29) is 30.2 Å². The van der Waals surface area contributed by atoms with Crippen LogP contribution in [-0.4, -0.2) is 55.5 Å². The first-order valence-electron chi connectivity index (χ1n) is 8.83. The highest BCUT2D eigenvalue weighted by atomic mass is 16.6. The summed E-state index contributed by atoms with van der Waals surface area (Å²) in [5.41, 5.74) is 1.23. The number of methoxy groups -OCH3 is 1. The van der Waals surface area contributed by atoms with Gasteiger partial charge in [0.25, 0.3) is 0 Å². The van der Waals surface area contributed by atoms with Crippen molar-refractivity contribution in [2.75, 3.05) is 26.8 Å². The molecular formula is C19H26N2O5. The summed E-state index contributed by atoms with van der Waals surface area (Å²) >= 11 is 0. The molecule has 2 rings (SSSR count). The molecule has 2 amide bonds. The molecule has 142 valence electrons. The molecule has 0 spiro atoms. The predicted octanol–water partition coefficient (Wildman–Crippen LogP) is 2.18. The summed E-state index contributed by atoms with van der Waals surface area (Å²) in [6.07, 6.45) is 1.22. The highest BCUT2D eigenvalue weighted by molar-refractivity contribution is 5.94. The minimum atomic E-state index is -0.303. The molecule has 1 N–H and O–H groups in total. The van der Waals surface area contributed by atoms with Crippen LogP contribution in [0.15, 0.2) is 18.2 Å². The van der Waals surface area contributed by atoms with Gasteiger partial charge in [-0.3, -0.25) is 9.59 Å². The number of carbonyl (C=O) groups excluding carboxylic acids is 3. The van der Waals surface area contributed by atoms with Crippen molar-refractivity contribution in [3.05, 3.63) is 29.3 Å². The third-order valence-electron chi connectivity index (χ3n) is 4.42. The lowest BCUT2D eigenvalue weighted by Crippen LogP contribution is -2.47. The Labute approximate surface area is 153 Å². The van der Waals surface area contributed by atoms with Crippen molar-refractivity contribution in [3.8, 4) is 5.75 Å². The number of piperidine rings is 1. The van der Waals surface area contributed by atoms with Gasteiger partial charge in [-0.15, -0.1) is 0 Å². The highest BCUT2D eigenvalue weighted by Crippen LogP contribution is 2.21. The van der Waals surface area contributed by atoms with Gasteiger partial charge in [-0.2, -0.15) is 0 Å². The van der Waals surface area contributed by atoms with Crippen LogP contribution in [0, 0.1) is 0 Å². The fourth-order valence-electron chi connectivity index (χ4n) is 3.01. The first kappa shape index (κ1) is 19.8. The summed E-state index contributed by atoms with van der Waals surface area (Å²) in [6, 6.07) is 5.12. The van der Waals surface area contributed by atoms with E-state index in [2.05, 4.69) is 5.32 Å². The van der Waals surface area contributed by atoms with Crippen molar-refractivity contribution in [3.63, 3.8) is 0 Å². The zero-order valence-electron chi connectivity index (χ0n) is 15.5. The molecule has 7 heteroatoms. The minimum absolute atomic E-state index is 0.0233. The number of likely N-dealkylation sites (tertiary alicyclic amines) is 1. The Morgan fingerprint density at radius 1 is 1.23 bits per heavy atom. The summed E-state index contributed by atoms with van der Waals surface area (Å²) in [4.78, 5) is 37.3. The lowest BCUT2D eigenvalue weighted by Gasteiger charge is -2.31. The monoisotopic (exact) mass is 362 g/mol. The zero-order valence-corrected chi connectivity index (χ0v) is 15.5. The number of benzene rings is 1. The molecule has 0 aliphatic carbocycles. The number of hydrogen-bond acceptors (Lipinski definition) is 5. The third kappa shape index (κ3) is 5.21. The van der Waals surface area contributed by atoms with Crippen LogP contribution in [0.1, 0.15) is 42.6 Å². The van der Waals surface area contributed by atoms with E-state index in [9.17, 15) is 14.4 Å². The van der Waals surface area contributed by atoms with Crippen molar-refractivity contribution < 1.29 is 23.9 Å². The number of hydrogen-bond donors (Lipinski definition) is 1. The van der Waals surface area contributed by atoms with Gasteiger partial charge in [-0.25, -0.2) is 4.79 Å². The van der Waals surface area contributed by atoms with E-state index in [1.54, 1.807) is 30.0 Å². The second-order valence-electron chi connectivity index (χ2n) is 6.29. The van der Waals surface area contributed by atoms with Gasteiger partial charge in [-0.1, -0.05) is 0 Å². The van der Waals surface area contributed by atoms with E-state index >= 15 is 0 Å². The molecule has 0 bridgehead atoms. The molecule has 1 aromatic carbocycles. The van der Waals surface area contributed by atoms with Crippen molar-refractivity contribution in [2.45, 2.75) is 39.2 Å². The number of Topliss-reactive ketones (excluding diaryl/α,β-unsaturated/α-hetero) is 1. The number of amides is 2. The Hall–Kier alpha value is -2.57. The molecule has 7 nitrogen and oxygen atoms in total. The summed E-state index contributed by atoms with van der Waals surface area (Å²) in [5.74, 6) is 0.404. The van der Waals surface area contributed by atoms with Gasteiger partial charge < -0.3 is 19.7 Å². The second-order valence-corrected chi connectivity index (χ2v) is 6.29. The normalized spacial score (nSPS) is 14.7. The van der Waals surface area contributed by atoms with Crippen molar-refractivity contribution in [1.82, 2.24) is 10.2 Å². The van der Waals surface area contributed by atoms with Gasteiger partial charge in [0.1, 0.15) is 5.75 Å². The maximum absolute atomic E-state index is 12.4. The number of ketones is 1. The number of nitrogens with zero attached hydrogens (tertiary/aromatic N) is 1. The van der Waals surface area contributed by atoms with E-state index in [0.717, 1.165) is 0 Å². The van der Waals surface area contributed by atoms with Gasteiger partial charge >= 0.3 is 6.09 Å². The minimum Gasteiger partial charge on any atom is -0.496 e. The van der Waals surface area contributed by atoms with Gasteiger partial charge in [0.2, 0.25) is 5.91 Å². The molecule has 0 aromatic heterocycles. The largest absolute Gasteiger partial charge is 0.496 e. The van der Waals surface area contributed by atoms with Gasteiger partial charge in [-0.05, 0) is 44.9 Å². The van der Waals surface area contributed by atoms with Crippen LogP contribution in [-0.2, 0) is 16.0 Å². The quantitative estimate of drug-likeness (QED) is 0.784. The van der Waals surface area contributed by atoms with Crippen LogP contribution in [0.4, 0.5) is 4.79 Å². The summed E-state index contributed by atoms with van der Waals surface area (Å²) in [6.45, 7) is 4.75. The molecule has 1 heterocycles. The summed E-state index contributed by atoms with van der Waals surface area (Å²) in [5, 5.41) is 3.00. The van der Waals surface area contributed by atoms with Crippen molar-refractivity contribution in [2.24, 2.45) is 0 Å². The van der Waals surface area contributed by atoms with E-state index in [0.29, 0.717) is 49.4 Å². The van der Waals surface area contributed by atoms with Crippen LogP contribution in [0.5, 0.6) is 5.75 Å². The number of rotatable bonds is 6. The number of nitrogens with one attached hydrogen (secondary N) is 1. The fourth-order valence-corrected chi connectivity index (χ4v) is 3.01. The Balaban J connectivity index is 1.91. The average Bonchev–Trinajstić information content (AvgIpc) is 2.62. The fraction of sp³-hybridized carbons (Fsp3) is 0.526. The van der Waals surface area contributed by atoms with E-state index in [1.165, 1.54) is 14.0 Å². The molecule has 1 aromatic rings. The maximum Gasteiger partial charge on any atom is 0.409 e. The lowest BCUT2D eigenvalue weighted by molar-refractivity contribution is -0.121. The van der Waals surface area contributed by atoms with E-state index in [4.69, 9.17) is 9.47 Å². The molecule has 1 aliphatic heterocycles. The lowest BCUT2D eigenvalue weighted by atomic mass is 10.0. The molecule has 1 aliphatic rings. The van der Waals surface area contributed by atoms with Gasteiger partial charge in [0.15, 0.2) is 5.78 Å². The molecule has 1 fully saturated rings. The molecule has 1 saturated heterocycles. The van der Waals surface area contributed by atoms with Crippen LogP contribution in [0.3, 0.4) is 0 Å². The first-order chi connectivity index (χ1) is 12.4. The van der Waals surface area contributed by atoms with E-state index in [1.807, 2.05) is 0 Å². The van der Waals surface area contributed by atoms with Gasteiger partial charge in [0.05, 0.1) is 20.1 Å². The smallest absolute Gasteiger partial charge is 0.409 e. The zero-order chi connectivity index (χ0) is 19.1. The predicted molar refractivity (Wildman–Crippen MR) is 96.5 cm³/mol. The molecule has 0 radical (unpaired) electrons. The molecular weight excluding hydrogens is 336 g/mol. The van der Waals surface area contributed by atoms with Crippen LogP contribution in [0.2, 0.25) is 0 Å². The number of ether oxygens (including phenoxy) is 2.